The lowest BCUT2D eigenvalue weighted by molar-refractivity contribution is -0.151. The lowest BCUT2D eigenvalue weighted by atomic mass is 9.93. The minimum Gasteiger partial charge on any atom is -0.447 e. The van der Waals surface area contributed by atoms with E-state index in [0.29, 0.717) is 15.1 Å². The SMILES string of the molecule is CC(C(=O)OCN(Cc1nn(CC(F)(F)F)c2c(-c3ccc(C#CC(C)(C)S(C)(=O)=O)nc3C(Cc3cc(F)cc(F)c3)NC(=O)Cn3nc(C(F)(F)F)c4c3C(F)(F)[C@@H]3C[C@H]43)ccc(Cl)c12)S(=O)O)N(C)C. The molecule has 2 N–H and O–H groups in total. The third-order valence-electron chi connectivity index (χ3n) is 12.4. The molecular weight excluding hydrogens is 1050 g/mol. The van der Waals surface area contributed by atoms with Crippen LogP contribution in [0, 0.1) is 29.4 Å². The Morgan fingerprint density at radius 3 is 2.26 bits per heavy atom. The first-order valence-electron chi connectivity index (χ1n) is 21.7. The molecule has 5 aromatic rings. The number of sulfone groups is 1. The van der Waals surface area contributed by atoms with E-state index in [1.165, 1.54) is 49.9 Å². The van der Waals surface area contributed by atoms with Crippen molar-refractivity contribution >= 4 is 55.5 Å². The van der Waals surface area contributed by atoms with E-state index in [4.69, 9.17) is 16.3 Å². The predicted octanol–water partition coefficient (Wildman–Crippen LogP) is 7.68. The molecule has 2 aromatic carbocycles. The molecular formula is C45H43ClF10N8O7S2. The number of esters is 1. The average molecular weight is 1100 g/mol. The summed E-state index contributed by atoms with van der Waals surface area (Å²) in [6, 6.07) is 4.44. The summed E-state index contributed by atoms with van der Waals surface area (Å²) in [7, 11) is -0.772. The second-order valence-electron chi connectivity index (χ2n) is 18.2. The van der Waals surface area contributed by atoms with Crippen molar-refractivity contribution in [3.63, 3.8) is 0 Å². The van der Waals surface area contributed by atoms with Crippen molar-refractivity contribution in [2.75, 3.05) is 27.1 Å². The van der Waals surface area contributed by atoms with Crippen LogP contribution < -0.4 is 5.32 Å². The van der Waals surface area contributed by atoms with Crippen LogP contribution in [0.15, 0.2) is 42.5 Å². The van der Waals surface area contributed by atoms with Crippen molar-refractivity contribution in [3.05, 3.63) is 98.7 Å². The van der Waals surface area contributed by atoms with Gasteiger partial charge in [0.25, 0.3) is 5.92 Å². The molecule has 73 heavy (non-hydrogen) atoms. The van der Waals surface area contributed by atoms with E-state index in [2.05, 4.69) is 32.3 Å². The van der Waals surface area contributed by atoms with Gasteiger partial charge < -0.3 is 10.1 Å². The number of hydrogen-bond acceptors (Lipinski definition) is 10. The van der Waals surface area contributed by atoms with Gasteiger partial charge in [-0.3, -0.25) is 28.4 Å². The van der Waals surface area contributed by atoms with E-state index >= 15 is 8.78 Å². The average Bonchev–Trinajstić information content (AvgIpc) is 3.78. The third-order valence-corrected chi connectivity index (χ3v) is 15.4. The molecule has 0 spiro atoms. The number of ether oxygens (including phenoxy) is 1. The molecule has 3 heterocycles. The molecule has 3 aromatic heterocycles. The maximum atomic E-state index is 15.6. The van der Waals surface area contributed by atoms with Crippen LogP contribution in [-0.2, 0) is 73.6 Å². The molecule has 0 bridgehead atoms. The molecule has 0 saturated heterocycles. The maximum absolute atomic E-state index is 15.6. The number of carbonyl (C=O) groups is 2. The van der Waals surface area contributed by atoms with Crippen LogP contribution >= 0.6 is 11.6 Å². The summed E-state index contributed by atoms with van der Waals surface area (Å²) >= 11 is 3.73. The molecule has 0 radical (unpaired) electrons. The van der Waals surface area contributed by atoms with E-state index < -0.39 is 147 Å². The van der Waals surface area contributed by atoms with Crippen molar-refractivity contribution in [2.45, 2.75) is 94.3 Å². The van der Waals surface area contributed by atoms with Crippen LogP contribution in [0.2, 0.25) is 5.02 Å². The largest absolute Gasteiger partial charge is 0.447 e. The first-order valence-corrected chi connectivity index (χ1v) is 25.0. The van der Waals surface area contributed by atoms with Crippen molar-refractivity contribution in [2.24, 2.45) is 5.92 Å². The highest BCUT2D eigenvalue weighted by Gasteiger charge is 2.68. The number of aromatic nitrogens is 5. The maximum Gasteiger partial charge on any atom is 0.435 e. The van der Waals surface area contributed by atoms with Gasteiger partial charge in [0, 0.05) is 40.3 Å². The highest BCUT2D eigenvalue weighted by Crippen LogP contribution is 2.68. The number of rotatable bonds is 16. The zero-order valence-electron chi connectivity index (χ0n) is 39.1. The Labute approximate surface area is 417 Å². The zero-order chi connectivity index (χ0) is 54.1. The van der Waals surface area contributed by atoms with Crippen molar-refractivity contribution in [1.82, 2.24) is 39.1 Å². The number of benzene rings is 2. The number of carbonyl (C=O) groups excluding carboxylic acids is 2. The van der Waals surface area contributed by atoms with Gasteiger partial charge in [-0.1, -0.05) is 23.6 Å². The third kappa shape index (κ3) is 11.7. The molecule has 2 aliphatic carbocycles. The van der Waals surface area contributed by atoms with Crippen LogP contribution in [-0.4, -0.2) is 107 Å². The smallest absolute Gasteiger partial charge is 0.435 e. The summed E-state index contributed by atoms with van der Waals surface area (Å²) < 4.78 is 200. The summed E-state index contributed by atoms with van der Waals surface area (Å²) in [5, 5.41) is 9.47. The molecule has 5 atom stereocenters. The summed E-state index contributed by atoms with van der Waals surface area (Å²) in [6.07, 6.45) is -10.2. The second kappa shape index (κ2) is 19.9. The van der Waals surface area contributed by atoms with Gasteiger partial charge >= 0.3 is 18.3 Å². The molecule has 1 saturated carbocycles. The van der Waals surface area contributed by atoms with Crippen LogP contribution in [0.5, 0.6) is 0 Å². The summed E-state index contributed by atoms with van der Waals surface area (Å²) in [6.45, 7) is -0.742. The fourth-order valence-corrected chi connectivity index (χ4v) is 9.12. The van der Waals surface area contributed by atoms with E-state index in [1.54, 1.807) is 14.1 Å². The normalized spacial score (nSPS) is 17.8. The van der Waals surface area contributed by atoms with Gasteiger partial charge in [-0.25, -0.2) is 26.4 Å². The number of pyridine rings is 1. The molecule has 7 rings (SSSR count). The summed E-state index contributed by atoms with van der Waals surface area (Å²) in [5.41, 5.74) is -5.56. The van der Waals surface area contributed by atoms with Crippen molar-refractivity contribution in [1.29, 1.82) is 0 Å². The Morgan fingerprint density at radius 1 is 1.03 bits per heavy atom. The molecule has 15 nitrogen and oxygen atoms in total. The fourth-order valence-electron chi connectivity index (χ4n) is 8.24. The molecule has 3 unspecified atom stereocenters. The van der Waals surface area contributed by atoms with Gasteiger partial charge in [0.2, 0.25) is 17.2 Å². The number of fused-ring (bicyclic) bond motifs is 4. The van der Waals surface area contributed by atoms with Crippen molar-refractivity contribution < 1.29 is 75.4 Å². The Bertz CT molecular complexity index is 3200. The first-order chi connectivity index (χ1) is 33.7. The van der Waals surface area contributed by atoms with Gasteiger partial charge in [-0.2, -0.15) is 49.6 Å². The van der Waals surface area contributed by atoms with E-state index in [0.717, 1.165) is 18.4 Å². The summed E-state index contributed by atoms with van der Waals surface area (Å²) in [5.74, 6) is -5.69. The Balaban J connectivity index is 1.43. The fraction of sp³-hybridized carbons (Fsp3) is 0.444. The summed E-state index contributed by atoms with van der Waals surface area (Å²) in [4.78, 5) is 32.9. The van der Waals surface area contributed by atoms with E-state index in [9.17, 15) is 61.9 Å². The standard InChI is InChI=1S/C45H43ClF10N8O7S2/c1-22(61(4)5)41(66)71-21-62(72(67)68)18-33-36-31(46)10-9-28(38(36)64(59-33)20-43(49,50)51)27-8-7-26(11-12-42(2,3)73(6,69)70)57-37(27)32(15-23-13-24(47)16-25(48)14-23)58-34(65)19-63-40-35(39(60-63)45(54,55)56)29-17-30(29)44(40,52)53/h7-10,13-14,16,22,29-30,32H,15,17-21H2,1-6H3,(H,58,65)(H,67,68)/t22?,29-,30+,32?/m0/s1. The topological polar surface area (TPSA) is 182 Å². The van der Waals surface area contributed by atoms with Gasteiger partial charge in [-0.15, -0.1) is 0 Å². The van der Waals surface area contributed by atoms with Gasteiger partial charge in [-0.05, 0) is 95.4 Å². The van der Waals surface area contributed by atoms with E-state index in [1.807, 2.05) is 0 Å². The van der Waals surface area contributed by atoms with Crippen molar-refractivity contribution in [3.8, 4) is 23.0 Å². The Morgan fingerprint density at radius 2 is 1.67 bits per heavy atom. The number of hydrogen-bond donors (Lipinski definition) is 2. The lowest BCUT2D eigenvalue weighted by Gasteiger charge is -2.23. The van der Waals surface area contributed by atoms with Gasteiger partial charge in [0.05, 0.1) is 34.5 Å². The number of nitrogens with one attached hydrogen (secondary N) is 1. The Kier molecular flexibility index (Phi) is 15.0. The zero-order valence-corrected chi connectivity index (χ0v) is 41.5. The molecule has 28 heteroatoms. The van der Waals surface area contributed by atoms with Gasteiger partial charge in [0.1, 0.15) is 46.9 Å². The van der Waals surface area contributed by atoms with Crippen LogP contribution in [0.1, 0.15) is 78.7 Å². The predicted molar refractivity (Wildman–Crippen MR) is 243 cm³/mol. The number of halogens is 11. The number of alkyl halides is 8. The number of nitrogens with zero attached hydrogens (tertiary/aromatic N) is 7. The van der Waals surface area contributed by atoms with E-state index in [-0.39, 0.29) is 55.3 Å². The number of likely N-dealkylation sites (N-methyl/N-ethyl adjacent to an activating group) is 1. The minimum absolute atomic E-state index is 0.202. The molecule has 2 aliphatic rings. The number of amides is 1. The van der Waals surface area contributed by atoms with Crippen LogP contribution in [0.25, 0.3) is 22.0 Å². The molecule has 0 aliphatic heterocycles. The van der Waals surface area contributed by atoms with Crippen LogP contribution in [0.4, 0.5) is 43.9 Å². The Hall–Kier alpha value is -5.66. The highest BCUT2D eigenvalue weighted by molar-refractivity contribution is 7.92. The molecule has 1 amide bonds. The molecule has 1 fully saturated rings. The second-order valence-corrected chi connectivity index (χ2v) is 22.2. The van der Waals surface area contributed by atoms with Crippen LogP contribution in [0.3, 0.4) is 0 Å². The minimum atomic E-state index is -5.21. The monoisotopic (exact) mass is 1100 g/mol. The first kappa shape index (κ1) is 55.1. The quantitative estimate of drug-likeness (QED) is 0.0325. The lowest BCUT2D eigenvalue weighted by Crippen LogP contribution is -2.37. The van der Waals surface area contributed by atoms with Gasteiger partial charge in [0.15, 0.2) is 22.3 Å². The molecule has 394 valence electrons. The highest BCUT2D eigenvalue weighted by atomic mass is 35.5.